The maximum atomic E-state index is 13.2. The van der Waals surface area contributed by atoms with Crippen molar-refractivity contribution in [2.24, 2.45) is 10.8 Å². The number of carbonyl (C=O) groups is 2. The Balaban J connectivity index is 1.42. The van der Waals surface area contributed by atoms with E-state index in [1.165, 1.54) is 5.56 Å². The number of rotatable bonds is 6. The van der Waals surface area contributed by atoms with Crippen molar-refractivity contribution in [3.8, 4) is 0 Å². The molecule has 2 aliphatic heterocycles. The molecule has 1 aromatic rings. The van der Waals surface area contributed by atoms with Gasteiger partial charge in [-0.2, -0.15) is 0 Å². The van der Waals surface area contributed by atoms with E-state index in [2.05, 4.69) is 49.3 Å². The maximum absolute atomic E-state index is 13.2. The van der Waals surface area contributed by atoms with Crippen LogP contribution in [0.4, 0.5) is 0 Å². The number of ether oxygens (including phenoxy) is 2. The lowest BCUT2D eigenvalue weighted by Crippen LogP contribution is -2.47. The third-order valence-corrected chi connectivity index (χ3v) is 8.85. The van der Waals surface area contributed by atoms with Crippen LogP contribution in [0.5, 0.6) is 0 Å². The van der Waals surface area contributed by atoms with E-state index < -0.39 is 11.0 Å². The largest absolute Gasteiger partial charge is 0.460 e. The van der Waals surface area contributed by atoms with E-state index in [-0.39, 0.29) is 22.8 Å². The highest BCUT2D eigenvalue weighted by Gasteiger charge is 2.51. The first kappa shape index (κ1) is 26.2. The van der Waals surface area contributed by atoms with Gasteiger partial charge in [0.05, 0.1) is 5.41 Å². The standard InChI is InChI=1S/C29H44N2O4/c1-26(2,3)35-25(33)28(16-19-34-20-17-28)15-18-31-22-27(21-24(31)32)11-13-29(14-12-27,30(4)5)23-9-7-6-8-10-23/h6-10H,11-22H2,1-5H3/t27-,29-. The van der Waals surface area contributed by atoms with Crippen LogP contribution in [0.25, 0.3) is 0 Å². The van der Waals surface area contributed by atoms with Crippen LogP contribution in [0.1, 0.15) is 77.7 Å². The first-order valence-corrected chi connectivity index (χ1v) is 13.3. The van der Waals surface area contributed by atoms with Gasteiger partial charge in [-0.1, -0.05) is 30.3 Å². The number of carbonyl (C=O) groups excluding carboxylic acids is 2. The Kier molecular flexibility index (Phi) is 7.36. The lowest BCUT2D eigenvalue weighted by Gasteiger charge is -2.49. The second-order valence-electron chi connectivity index (χ2n) is 12.4. The SMILES string of the molecule is CN(C)[C@]1(c2ccccc2)CC[C@@]2(CC1)CC(=O)N(CCC1(C(=O)OC(C)(C)C)CCOCC1)C2. The van der Waals surface area contributed by atoms with E-state index in [1.54, 1.807) is 0 Å². The molecule has 194 valence electrons. The summed E-state index contributed by atoms with van der Waals surface area (Å²) in [4.78, 5) is 30.8. The summed E-state index contributed by atoms with van der Waals surface area (Å²) in [6.45, 7) is 8.32. The van der Waals surface area contributed by atoms with Gasteiger partial charge in [-0.15, -0.1) is 0 Å². The van der Waals surface area contributed by atoms with E-state index in [1.807, 2.05) is 25.7 Å². The minimum atomic E-state index is -0.554. The summed E-state index contributed by atoms with van der Waals surface area (Å²) in [6.07, 6.45) is 6.83. The van der Waals surface area contributed by atoms with Crippen molar-refractivity contribution in [2.75, 3.05) is 40.4 Å². The molecule has 1 spiro atoms. The molecule has 0 aromatic heterocycles. The van der Waals surface area contributed by atoms with Crippen molar-refractivity contribution in [1.29, 1.82) is 0 Å². The van der Waals surface area contributed by atoms with E-state index in [0.29, 0.717) is 45.4 Å². The minimum Gasteiger partial charge on any atom is -0.460 e. The summed E-state index contributed by atoms with van der Waals surface area (Å²) >= 11 is 0. The minimum absolute atomic E-state index is 0.0336. The number of amides is 1. The zero-order chi connectivity index (χ0) is 25.3. The lowest BCUT2D eigenvalue weighted by atomic mass is 9.64. The van der Waals surface area contributed by atoms with Gasteiger partial charge < -0.3 is 14.4 Å². The molecule has 1 aromatic carbocycles. The molecule has 1 aliphatic carbocycles. The Hall–Kier alpha value is -1.92. The summed E-state index contributed by atoms with van der Waals surface area (Å²) < 4.78 is 11.4. The fraction of sp³-hybridized carbons (Fsp3) is 0.724. The Bertz CT molecular complexity index is 891. The van der Waals surface area contributed by atoms with Crippen molar-refractivity contribution in [3.05, 3.63) is 35.9 Å². The van der Waals surface area contributed by atoms with Gasteiger partial charge in [0.15, 0.2) is 0 Å². The fourth-order valence-corrected chi connectivity index (χ4v) is 6.51. The molecule has 0 radical (unpaired) electrons. The summed E-state index contributed by atoms with van der Waals surface area (Å²) in [7, 11) is 4.36. The summed E-state index contributed by atoms with van der Waals surface area (Å²) in [5.41, 5.74) is 0.392. The smallest absolute Gasteiger partial charge is 0.312 e. The Morgan fingerprint density at radius 3 is 2.23 bits per heavy atom. The molecule has 3 fully saturated rings. The second kappa shape index (κ2) is 9.85. The van der Waals surface area contributed by atoms with Crippen molar-refractivity contribution in [1.82, 2.24) is 9.80 Å². The molecule has 0 atom stereocenters. The first-order chi connectivity index (χ1) is 16.5. The Morgan fingerprint density at radius 2 is 1.66 bits per heavy atom. The molecule has 3 aliphatic rings. The topological polar surface area (TPSA) is 59.1 Å². The van der Waals surface area contributed by atoms with Crippen molar-refractivity contribution in [3.63, 3.8) is 0 Å². The average molecular weight is 485 g/mol. The molecule has 35 heavy (non-hydrogen) atoms. The summed E-state index contributed by atoms with van der Waals surface area (Å²) in [6, 6.07) is 10.8. The number of likely N-dealkylation sites (tertiary alicyclic amines) is 1. The first-order valence-electron chi connectivity index (χ1n) is 13.3. The van der Waals surface area contributed by atoms with Gasteiger partial charge >= 0.3 is 5.97 Å². The fourth-order valence-electron chi connectivity index (χ4n) is 6.51. The molecule has 1 saturated carbocycles. The van der Waals surface area contributed by atoms with Crippen LogP contribution < -0.4 is 0 Å². The molecule has 6 nitrogen and oxygen atoms in total. The van der Waals surface area contributed by atoms with E-state index in [0.717, 1.165) is 32.2 Å². The molecule has 0 N–H and O–H groups in total. The van der Waals surface area contributed by atoms with Crippen LogP contribution in [0.3, 0.4) is 0 Å². The van der Waals surface area contributed by atoms with Gasteiger partial charge in [-0.05, 0) is 90.8 Å². The molecule has 2 saturated heterocycles. The van der Waals surface area contributed by atoms with Crippen LogP contribution in [0, 0.1) is 10.8 Å². The highest BCUT2D eigenvalue weighted by molar-refractivity contribution is 5.80. The molecule has 0 unspecified atom stereocenters. The average Bonchev–Trinajstić information content (AvgIpc) is 3.13. The van der Waals surface area contributed by atoms with Crippen molar-refractivity contribution < 1.29 is 19.1 Å². The molecule has 2 heterocycles. The van der Waals surface area contributed by atoms with E-state index >= 15 is 0 Å². The summed E-state index contributed by atoms with van der Waals surface area (Å²) in [5.74, 6) is 0.111. The maximum Gasteiger partial charge on any atom is 0.312 e. The number of esters is 1. The quantitative estimate of drug-likeness (QED) is 0.545. The highest BCUT2D eigenvalue weighted by atomic mass is 16.6. The zero-order valence-electron chi connectivity index (χ0n) is 22.4. The summed E-state index contributed by atoms with van der Waals surface area (Å²) in [5, 5.41) is 0. The van der Waals surface area contributed by atoms with Gasteiger partial charge in [0, 0.05) is 38.3 Å². The van der Waals surface area contributed by atoms with Crippen LogP contribution in [0.15, 0.2) is 30.3 Å². The zero-order valence-corrected chi connectivity index (χ0v) is 22.4. The van der Waals surface area contributed by atoms with Gasteiger partial charge in [0.1, 0.15) is 5.60 Å². The second-order valence-corrected chi connectivity index (χ2v) is 12.4. The number of benzene rings is 1. The van der Waals surface area contributed by atoms with Crippen LogP contribution in [0.2, 0.25) is 0 Å². The van der Waals surface area contributed by atoms with E-state index in [9.17, 15) is 9.59 Å². The molecule has 6 heteroatoms. The predicted molar refractivity (Wildman–Crippen MR) is 137 cm³/mol. The van der Waals surface area contributed by atoms with Crippen LogP contribution >= 0.6 is 0 Å². The van der Waals surface area contributed by atoms with Crippen LogP contribution in [-0.2, 0) is 24.6 Å². The molecular weight excluding hydrogens is 440 g/mol. The molecular formula is C29H44N2O4. The normalized spacial score (nSPS) is 29.1. The van der Waals surface area contributed by atoms with Gasteiger partial charge in [-0.3, -0.25) is 14.5 Å². The van der Waals surface area contributed by atoms with Gasteiger partial charge in [0.2, 0.25) is 5.91 Å². The van der Waals surface area contributed by atoms with E-state index in [4.69, 9.17) is 9.47 Å². The van der Waals surface area contributed by atoms with Crippen LogP contribution in [-0.4, -0.2) is 67.7 Å². The Labute approximate surface area is 211 Å². The predicted octanol–water partition coefficient (Wildman–Crippen LogP) is 4.76. The third kappa shape index (κ3) is 5.43. The number of hydrogen-bond acceptors (Lipinski definition) is 5. The molecule has 4 rings (SSSR count). The monoisotopic (exact) mass is 484 g/mol. The van der Waals surface area contributed by atoms with Gasteiger partial charge in [0.25, 0.3) is 0 Å². The van der Waals surface area contributed by atoms with Crippen molar-refractivity contribution in [2.45, 2.75) is 83.3 Å². The third-order valence-electron chi connectivity index (χ3n) is 8.85. The van der Waals surface area contributed by atoms with Gasteiger partial charge in [-0.25, -0.2) is 0 Å². The Morgan fingerprint density at radius 1 is 1.03 bits per heavy atom. The number of nitrogens with zero attached hydrogens (tertiary/aromatic N) is 2. The molecule has 1 amide bonds. The van der Waals surface area contributed by atoms with Crippen molar-refractivity contribution >= 4 is 11.9 Å². The molecule has 0 bridgehead atoms. The highest BCUT2D eigenvalue weighted by Crippen LogP contribution is 2.52. The lowest BCUT2D eigenvalue weighted by molar-refractivity contribution is -0.174. The number of hydrogen-bond donors (Lipinski definition) is 0.